The molecule has 0 aliphatic carbocycles. The van der Waals surface area contributed by atoms with Crippen molar-refractivity contribution in [3.63, 3.8) is 0 Å². The fourth-order valence-electron chi connectivity index (χ4n) is 0. The summed E-state index contributed by atoms with van der Waals surface area (Å²) in [6, 6.07) is 0. The Morgan fingerprint density at radius 3 is 0.571 bits per heavy atom. The average molecular weight is 260 g/mol. The van der Waals surface area contributed by atoms with Crippen LogP contribution in [0.3, 0.4) is 0 Å². The molecule has 0 atom stereocenters. The third-order valence-electron chi connectivity index (χ3n) is 0. The van der Waals surface area contributed by atoms with E-state index in [9.17, 15) is 0 Å². The molecule has 7 heteroatoms. The molecule has 0 fully saturated rings. The van der Waals surface area contributed by atoms with Crippen LogP contribution in [0.15, 0.2) is 0 Å². The van der Waals surface area contributed by atoms with E-state index in [-0.39, 0.29) is 201 Å². The van der Waals surface area contributed by atoms with Gasteiger partial charge in [0, 0.05) is 33.6 Å². The molecular formula is H2Co2K2Na2O. The third kappa shape index (κ3) is 33.0. The maximum absolute atomic E-state index is 0. The molecule has 0 aromatic heterocycles. The molecule has 0 saturated carbocycles. The molecule has 0 aliphatic heterocycles. The van der Waals surface area contributed by atoms with Crippen molar-refractivity contribution < 1.29 is 142 Å². The minimum absolute atomic E-state index is 0. The van der Waals surface area contributed by atoms with Crippen molar-refractivity contribution in [3.05, 3.63) is 0 Å². The van der Waals surface area contributed by atoms with Crippen molar-refractivity contribution in [2.24, 2.45) is 0 Å². The molecule has 7 heavy (non-hydrogen) atoms. The molecule has 0 aromatic rings. The molecule has 0 aliphatic rings. The molecule has 0 spiro atoms. The van der Waals surface area contributed by atoms with Crippen LogP contribution in [0, 0.1) is 0 Å². The zero-order valence-corrected chi connectivity index (χ0v) is 11.4. The van der Waals surface area contributed by atoms with Gasteiger partial charge in [-0.3, -0.25) is 0 Å². The van der Waals surface area contributed by atoms with Gasteiger partial charge in [0.2, 0.25) is 0 Å². The van der Waals surface area contributed by atoms with E-state index in [1.807, 2.05) is 0 Å². The fraction of sp³-hybridized carbons (Fsp3) is 0. The van der Waals surface area contributed by atoms with Gasteiger partial charge in [-0.2, -0.15) is 0 Å². The Kier molecular flexibility index (Phi) is 289. The summed E-state index contributed by atoms with van der Waals surface area (Å²) in [5, 5.41) is 0. The Morgan fingerprint density at radius 2 is 0.571 bits per heavy atom. The maximum atomic E-state index is 0. The standard InChI is InChI=1S/2Co.2K.2Na.O.2H/q;;2*+1;;;-2;;. The van der Waals surface area contributed by atoms with Gasteiger partial charge in [-0.15, -0.1) is 0 Å². The molecule has 30 valence electrons. The Balaban J connectivity index is 0. The van der Waals surface area contributed by atoms with Crippen molar-refractivity contribution in [2.75, 3.05) is 0 Å². The minimum Gasteiger partial charge on any atom is -2.00 e. The van der Waals surface area contributed by atoms with Gasteiger partial charge in [0.1, 0.15) is 0 Å². The van der Waals surface area contributed by atoms with Gasteiger partial charge in [0.05, 0.1) is 0 Å². The molecule has 0 aromatic carbocycles. The molecule has 0 rings (SSSR count). The summed E-state index contributed by atoms with van der Waals surface area (Å²) in [6.07, 6.45) is 0. The Hall–Kier alpha value is 6.25. The summed E-state index contributed by atoms with van der Waals surface area (Å²) in [5.74, 6) is 0. The van der Waals surface area contributed by atoms with E-state index in [2.05, 4.69) is 0 Å². The van der Waals surface area contributed by atoms with Crippen molar-refractivity contribution in [1.29, 1.82) is 0 Å². The zero-order valence-electron chi connectivity index (χ0n) is 3.07. The Morgan fingerprint density at radius 1 is 0.571 bits per heavy atom. The van der Waals surface area contributed by atoms with Gasteiger partial charge in [0.25, 0.3) is 0 Å². The van der Waals surface area contributed by atoms with Crippen molar-refractivity contribution in [3.8, 4) is 0 Å². The van der Waals surface area contributed by atoms with Crippen molar-refractivity contribution >= 4 is 59.1 Å². The summed E-state index contributed by atoms with van der Waals surface area (Å²) >= 11 is 0. The van der Waals surface area contributed by atoms with E-state index in [1.54, 1.807) is 0 Å². The largest absolute Gasteiger partial charge is 2.00 e. The van der Waals surface area contributed by atoms with Crippen molar-refractivity contribution in [1.82, 2.24) is 0 Å². The summed E-state index contributed by atoms with van der Waals surface area (Å²) < 4.78 is 0. The van der Waals surface area contributed by atoms with Gasteiger partial charge in [-0.25, -0.2) is 0 Å². The monoisotopic (exact) mass is 260 g/mol. The molecule has 0 amide bonds. The molecule has 0 N–H and O–H groups in total. The number of hydrogen-bond donors (Lipinski definition) is 0. The third-order valence-corrected chi connectivity index (χ3v) is 0. The van der Waals surface area contributed by atoms with Crippen LogP contribution in [-0.2, 0) is 39.0 Å². The van der Waals surface area contributed by atoms with Gasteiger partial charge >= 0.3 is 162 Å². The minimum atomic E-state index is 0. The number of rotatable bonds is 0. The summed E-state index contributed by atoms with van der Waals surface area (Å²) in [7, 11) is 0. The van der Waals surface area contributed by atoms with E-state index in [0.717, 1.165) is 0 Å². The smallest absolute Gasteiger partial charge is 2.00 e. The van der Waals surface area contributed by atoms with Gasteiger partial charge in [-0.1, -0.05) is 0 Å². The molecule has 1 nitrogen and oxygen atoms in total. The second-order valence-electron chi connectivity index (χ2n) is 0. The summed E-state index contributed by atoms with van der Waals surface area (Å²) in [6.45, 7) is 0. The van der Waals surface area contributed by atoms with E-state index in [1.165, 1.54) is 0 Å². The van der Waals surface area contributed by atoms with Crippen LogP contribution in [0.2, 0.25) is 0 Å². The number of hydrogen-bond acceptors (Lipinski definition) is 0. The molecule has 2 radical (unpaired) electrons. The zero-order chi connectivity index (χ0) is 0. The predicted molar refractivity (Wildman–Crippen MR) is 15.0 cm³/mol. The van der Waals surface area contributed by atoms with Crippen LogP contribution in [0.1, 0.15) is 0 Å². The molecule has 0 saturated heterocycles. The Bertz CT molecular complexity index is 13.7. The van der Waals surface area contributed by atoms with E-state index in [4.69, 9.17) is 0 Å². The normalized spacial score (nSPS) is 0. The topological polar surface area (TPSA) is 28.5 Å². The van der Waals surface area contributed by atoms with Gasteiger partial charge in [0.15, 0.2) is 0 Å². The van der Waals surface area contributed by atoms with Crippen LogP contribution in [0.5, 0.6) is 0 Å². The summed E-state index contributed by atoms with van der Waals surface area (Å²) in [4.78, 5) is 0. The second-order valence-corrected chi connectivity index (χ2v) is 0. The SMILES string of the molecule is [Co].[Co].[K+].[K+].[NaH].[NaH].[O-2]. The quantitative estimate of drug-likeness (QED) is 0.387. The first kappa shape index (κ1) is 50.9. The van der Waals surface area contributed by atoms with Gasteiger partial charge < -0.3 is 5.48 Å². The van der Waals surface area contributed by atoms with Crippen LogP contribution >= 0.6 is 0 Å². The van der Waals surface area contributed by atoms with E-state index < -0.39 is 0 Å². The van der Waals surface area contributed by atoms with Crippen molar-refractivity contribution in [2.45, 2.75) is 0 Å². The summed E-state index contributed by atoms with van der Waals surface area (Å²) in [5.41, 5.74) is 0. The average Bonchev–Trinajstić information content (AvgIpc) is 0. The maximum Gasteiger partial charge on any atom is -2.00 e. The molecule has 0 unspecified atom stereocenters. The van der Waals surface area contributed by atoms with Crippen LogP contribution in [0.4, 0.5) is 0 Å². The molecule has 0 heterocycles. The Labute approximate surface area is 194 Å². The van der Waals surface area contributed by atoms with Crippen LogP contribution in [0.25, 0.3) is 0 Å². The van der Waals surface area contributed by atoms with Crippen LogP contribution < -0.4 is 103 Å². The van der Waals surface area contributed by atoms with Gasteiger partial charge in [-0.05, 0) is 0 Å². The predicted octanol–water partition coefficient (Wildman–Crippen LogP) is -7.41. The van der Waals surface area contributed by atoms with Crippen LogP contribution in [-0.4, -0.2) is 59.1 Å². The van der Waals surface area contributed by atoms with E-state index >= 15 is 0 Å². The first-order chi connectivity index (χ1) is 0. The fourth-order valence-corrected chi connectivity index (χ4v) is 0. The first-order valence-corrected chi connectivity index (χ1v) is 0. The van der Waals surface area contributed by atoms with E-state index in [0.29, 0.717) is 0 Å². The molecule has 0 bridgehead atoms. The molecular weight excluding hydrogens is 258 g/mol. The first-order valence-electron chi connectivity index (χ1n) is 0. The second kappa shape index (κ2) is 39.7.